The van der Waals surface area contributed by atoms with E-state index < -0.39 is 0 Å². The molecule has 1 fully saturated rings. The zero-order chi connectivity index (χ0) is 19.1. The fourth-order valence-corrected chi connectivity index (χ4v) is 4.12. The van der Waals surface area contributed by atoms with Crippen molar-refractivity contribution >= 4 is 17.7 Å². The van der Waals surface area contributed by atoms with Crippen LogP contribution in [0.4, 0.5) is 0 Å². The van der Waals surface area contributed by atoms with Crippen LogP contribution in [0.1, 0.15) is 37.6 Å². The Morgan fingerprint density at radius 1 is 1.30 bits per heavy atom. The Bertz CT molecular complexity index is 743. The van der Waals surface area contributed by atoms with Crippen molar-refractivity contribution in [3.8, 4) is 11.5 Å². The van der Waals surface area contributed by atoms with E-state index in [0.29, 0.717) is 11.9 Å². The van der Waals surface area contributed by atoms with E-state index in [0.717, 1.165) is 42.0 Å². The summed E-state index contributed by atoms with van der Waals surface area (Å²) in [6.07, 6.45) is 7.65. The number of hydrogen-bond donors (Lipinski definition) is 2. The quantitative estimate of drug-likeness (QED) is 0.561. The smallest absolute Gasteiger partial charge is 0.257 e. The normalized spacial score (nSPS) is 20.0. The van der Waals surface area contributed by atoms with Crippen LogP contribution in [0.5, 0.6) is 0 Å². The topological polar surface area (TPSA) is 75.3 Å². The summed E-state index contributed by atoms with van der Waals surface area (Å²) in [6.45, 7) is 2.86. The maximum absolute atomic E-state index is 5.29. The predicted octanol–water partition coefficient (Wildman–Crippen LogP) is 3.29. The standard InChI is InChI=1S/C20H29N5OS/c1-4-18-24-19(26-25-18)15-7-5-14(6-8-15)11-12-22-20(21-2)23-16-9-10-17(13-16)27-3/h5-8,16-17H,4,9-13H2,1-3H3,(H2,21,22,23). The molecule has 2 atom stereocenters. The summed E-state index contributed by atoms with van der Waals surface area (Å²) in [7, 11) is 1.83. The van der Waals surface area contributed by atoms with Crippen molar-refractivity contribution in [1.29, 1.82) is 0 Å². The summed E-state index contributed by atoms with van der Waals surface area (Å²) in [6, 6.07) is 8.84. The van der Waals surface area contributed by atoms with Crippen LogP contribution in [0, 0.1) is 0 Å². The molecule has 0 bridgehead atoms. The van der Waals surface area contributed by atoms with E-state index in [-0.39, 0.29) is 0 Å². The molecule has 7 heteroatoms. The molecule has 27 heavy (non-hydrogen) atoms. The number of hydrogen-bond acceptors (Lipinski definition) is 5. The Balaban J connectivity index is 1.45. The van der Waals surface area contributed by atoms with Gasteiger partial charge in [0.25, 0.3) is 5.89 Å². The fourth-order valence-electron chi connectivity index (χ4n) is 3.33. The van der Waals surface area contributed by atoms with E-state index in [2.05, 4.69) is 44.2 Å². The van der Waals surface area contributed by atoms with Gasteiger partial charge in [-0.2, -0.15) is 16.7 Å². The predicted molar refractivity (Wildman–Crippen MR) is 112 cm³/mol. The highest BCUT2D eigenvalue weighted by atomic mass is 32.2. The summed E-state index contributed by atoms with van der Waals surface area (Å²) in [5.74, 6) is 2.22. The number of aromatic nitrogens is 2. The average molecular weight is 388 g/mol. The number of benzene rings is 1. The Kier molecular flexibility index (Phi) is 7.15. The van der Waals surface area contributed by atoms with Gasteiger partial charge in [-0.1, -0.05) is 24.2 Å². The van der Waals surface area contributed by atoms with Gasteiger partial charge < -0.3 is 15.2 Å². The maximum Gasteiger partial charge on any atom is 0.257 e. The lowest BCUT2D eigenvalue weighted by molar-refractivity contribution is 0.423. The highest BCUT2D eigenvalue weighted by molar-refractivity contribution is 7.99. The van der Waals surface area contributed by atoms with Gasteiger partial charge in [0, 0.05) is 36.9 Å². The molecular weight excluding hydrogens is 358 g/mol. The van der Waals surface area contributed by atoms with Crippen LogP contribution in [0.15, 0.2) is 33.8 Å². The molecule has 1 heterocycles. The minimum absolute atomic E-state index is 0.537. The SMILES string of the molecule is CCc1noc(-c2ccc(CCNC(=NC)NC3CCC(SC)C3)cc2)n1. The Labute approximate surface area is 165 Å². The summed E-state index contributed by atoms with van der Waals surface area (Å²) in [4.78, 5) is 8.73. The first-order valence-corrected chi connectivity index (χ1v) is 10.9. The molecule has 1 saturated carbocycles. The van der Waals surface area contributed by atoms with Crippen molar-refractivity contribution < 1.29 is 4.52 Å². The van der Waals surface area contributed by atoms with E-state index in [1.54, 1.807) is 0 Å². The van der Waals surface area contributed by atoms with Crippen LogP contribution < -0.4 is 10.6 Å². The zero-order valence-electron chi connectivity index (χ0n) is 16.4. The van der Waals surface area contributed by atoms with Gasteiger partial charge in [0.1, 0.15) is 0 Å². The number of rotatable bonds is 7. The zero-order valence-corrected chi connectivity index (χ0v) is 17.2. The molecule has 146 valence electrons. The molecule has 2 unspecified atom stereocenters. The second-order valence-electron chi connectivity index (χ2n) is 6.83. The van der Waals surface area contributed by atoms with Gasteiger partial charge in [0.2, 0.25) is 0 Å². The molecule has 6 nitrogen and oxygen atoms in total. The molecule has 1 aliphatic carbocycles. The van der Waals surface area contributed by atoms with Crippen LogP contribution in [-0.4, -0.2) is 47.2 Å². The van der Waals surface area contributed by atoms with Crippen LogP contribution in [0.3, 0.4) is 0 Å². The van der Waals surface area contributed by atoms with Crippen LogP contribution >= 0.6 is 11.8 Å². The first-order valence-electron chi connectivity index (χ1n) is 9.63. The second-order valence-corrected chi connectivity index (χ2v) is 7.97. The molecule has 0 amide bonds. The maximum atomic E-state index is 5.29. The molecule has 3 rings (SSSR count). The van der Waals surface area contributed by atoms with Crippen molar-refractivity contribution in [2.45, 2.75) is 50.3 Å². The fraction of sp³-hybridized carbons (Fsp3) is 0.550. The van der Waals surface area contributed by atoms with Crippen molar-refractivity contribution in [2.75, 3.05) is 19.8 Å². The van der Waals surface area contributed by atoms with Crippen LogP contribution in [-0.2, 0) is 12.8 Å². The lowest BCUT2D eigenvalue weighted by atomic mass is 10.1. The number of aliphatic imine (C=N–C) groups is 1. The van der Waals surface area contributed by atoms with Gasteiger partial charge in [-0.05, 0) is 49.6 Å². The van der Waals surface area contributed by atoms with E-state index in [1.165, 1.54) is 24.8 Å². The van der Waals surface area contributed by atoms with Crippen molar-refractivity contribution in [2.24, 2.45) is 4.99 Å². The highest BCUT2D eigenvalue weighted by Gasteiger charge is 2.24. The highest BCUT2D eigenvalue weighted by Crippen LogP contribution is 2.28. The van der Waals surface area contributed by atoms with E-state index in [9.17, 15) is 0 Å². The molecule has 1 aromatic heterocycles. The number of nitrogens with zero attached hydrogens (tertiary/aromatic N) is 3. The second kappa shape index (κ2) is 9.78. The lowest BCUT2D eigenvalue weighted by Gasteiger charge is -2.17. The third-order valence-corrected chi connectivity index (χ3v) is 6.07. The number of nitrogens with one attached hydrogen (secondary N) is 2. The van der Waals surface area contributed by atoms with E-state index in [4.69, 9.17) is 4.52 Å². The van der Waals surface area contributed by atoms with Crippen LogP contribution in [0.2, 0.25) is 0 Å². The number of thioether (sulfide) groups is 1. The summed E-state index contributed by atoms with van der Waals surface area (Å²) in [5.41, 5.74) is 2.22. The molecule has 2 N–H and O–H groups in total. The van der Waals surface area contributed by atoms with Crippen molar-refractivity contribution in [3.63, 3.8) is 0 Å². The first kappa shape index (κ1) is 19.7. The minimum Gasteiger partial charge on any atom is -0.356 e. The Morgan fingerprint density at radius 2 is 2.11 bits per heavy atom. The van der Waals surface area contributed by atoms with Crippen LogP contribution in [0.25, 0.3) is 11.5 Å². The minimum atomic E-state index is 0.537. The van der Waals surface area contributed by atoms with Crippen molar-refractivity contribution in [1.82, 2.24) is 20.8 Å². The van der Waals surface area contributed by atoms with Gasteiger partial charge in [-0.3, -0.25) is 4.99 Å². The molecular formula is C20H29N5OS. The molecule has 0 saturated heterocycles. The first-order chi connectivity index (χ1) is 13.2. The van der Waals surface area contributed by atoms with Gasteiger partial charge >= 0.3 is 0 Å². The number of guanidine groups is 1. The van der Waals surface area contributed by atoms with E-state index >= 15 is 0 Å². The summed E-state index contributed by atoms with van der Waals surface area (Å²) in [5, 5.41) is 11.7. The molecule has 0 radical (unpaired) electrons. The number of aryl methyl sites for hydroxylation is 1. The average Bonchev–Trinajstić information content (AvgIpc) is 3.37. The molecule has 1 aromatic carbocycles. The third-order valence-electron chi connectivity index (χ3n) is 4.97. The van der Waals surface area contributed by atoms with Crippen molar-refractivity contribution in [3.05, 3.63) is 35.7 Å². The Morgan fingerprint density at radius 3 is 2.74 bits per heavy atom. The lowest BCUT2D eigenvalue weighted by Crippen LogP contribution is -2.43. The van der Waals surface area contributed by atoms with Gasteiger partial charge in [-0.15, -0.1) is 0 Å². The molecule has 0 aliphatic heterocycles. The van der Waals surface area contributed by atoms with Gasteiger partial charge in [0.05, 0.1) is 0 Å². The molecule has 2 aromatic rings. The molecule has 1 aliphatic rings. The van der Waals surface area contributed by atoms with E-state index in [1.807, 2.05) is 37.9 Å². The third kappa shape index (κ3) is 5.48. The summed E-state index contributed by atoms with van der Waals surface area (Å²) < 4.78 is 5.29. The molecule has 0 spiro atoms. The monoisotopic (exact) mass is 387 g/mol. The Hall–Kier alpha value is -2.02. The van der Waals surface area contributed by atoms with Gasteiger partial charge in [0.15, 0.2) is 11.8 Å². The largest absolute Gasteiger partial charge is 0.356 e. The summed E-state index contributed by atoms with van der Waals surface area (Å²) >= 11 is 1.97. The van der Waals surface area contributed by atoms with Gasteiger partial charge in [-0.25, -0.2) is 0 Å².